The molecule has 17 aromatic carbocycles. The number of fused-ring (bicyclic) bond motifs is 10. The first-order valence-corrected chi connectivity index (χ1v) is 39.4. The molecule has 115 heavy (non-hydrogen) atoms. The predicted molar refractivity (Wildman–Crippen MR) is 481 cm³/mol. The predicted octanol–water partition coefficient (Wildman–Crippen LogP) is 26.3. The summed E-state index contributed by atoms with van der Waals surface area (Å²) in [6.45, 7) is 6.46. The first kappa shape index (κ1) is 68.0. The van der Waals surface area contributed by atoms with Crippen LogP contribution in [0.5, 0.6) is 0 Å². The van der Waals surface area contributed by atoms with Crippen molar-refractivity contribution in [3.8, 4) is 113 Å². The minimum atomic E-state index is -0.380. The Hall–Kier alpha value is -15.0. The number of rotatable bonds is 12. The third kappa shape index (κ3) is 11.3. The van der Waals surface area contributed by atoms with Crippen molar-refractivity contribution < 1.29 is 0 Å². The molecular formula is C108H73BN6. The summed E-state index contributed by atoms with van der Waals surface area (Å²) in [6.07, 6.45) is 0. The molecule has 0 bridgehead atoms. The zero-order valence-corrected chi connectivity index (χ0v) is 63.7. The number of nitriles is 2. The molecular weight excluding hydrogens is 1390 g/mol. The molecule has 538 valence electrons. The van der Waals surface area contributed by atoms with Crippen LogP contribution in [-0.4, -0.2) is 15.8 Å². The van der Waals surface area contributed by atoms with E-state index in [4.69, 9.17) is 0 Å². The number of aromatic nitrogens is 2. The Morgan fingerprint density at radius 2 is 0.591 bits per heavy atom. The van der Waals surface area contributed by atoms with Gasteiger partial charge in [-0.2, -0.15) is 10.5 Å². The van der Waals surface area contributed by atoms with E-state index in [2.05, 4.69) is 404 Å². The van der Waals surface area contributed by atoms with Gasteiger partial charge in [0.1, 0.15) is 0 Å². The Balaban J connectivity index is 0.960. The van der Waals surface area contributed by atoms with Gasteiger partial charge in [-0.05, 0) is 197 Å². The van der Waals surface area contributed by atoms with Gasteiger partial charge in [0.2, 0.25) is 0 Å². The number of hydrogen-bond donors (Lipinski definition) is 0. The van der Waals surface area contributed by atoms with Crippen LogP contribution in [-0.2, 0) is 5.41 Å². The van der Waals surface area contributed by atoms with E-state index >= 15 is 0 Å². The lowest BCUT2D eigenvalue weighted by Crippen LogP contribution is -2.61. The largest absolute Gasteiger partial charge is 0.310 e. The molecule has 2 aliphatic heterocycles. The number of anilines is 6. The maximum atomic E-state index is 11.2. The fourth-order valence-electron chi connectivity index (χ4n) is 18.4. The van der Waals surface area contributed by atoms with Crippen LogP contribution in [0.3, 0.4) is 0 Å². The van der Waals surface area contributed by atoms with Crippen LogP contribution in [0.25, 0.3) is 144 Å². The van der Waals surface area contributed by atoms with Gasteiger partial charge < -0.3 is 18.9 Å². The van der Waals surface area contributed by atoms with Gasteiger partial charge in [0.25, 0.3) is 6.71 Å². The molecule has 0 radical (unpaired) electrons. The van der Waals surface area contributed by atoms with Crippen molar-refractivity contribution in [3.63, 3.8) is 0 Å². The highest BCUT2D eigenvalue weighted by Gasteiger charge is 2.46. The fourth-order valence-corrected chi connectivity index (χ4v) is 18.4. The molecule has 4 heterocycles. The van der Waals surface area contributed by atoms with Crippen LogP contribution in [0, 0.1) is 22.7 Å². The van der Waals surface area contributed by atoms with E-state index in [1.54, 1.807) is 0 Å². The summed E-state index contributed by atoms with van der Waals surface area (Å²) in [6, 6.07) is 147. The lowest BCUT2D eigenvalue weighted by Gasteiger charge is -2.46. The van der Waals surface area contributed by atoms with Crippen molar-refractivity contribution >= 4 is 101 Å². The Kier molecular flexibility index (Phi) is 16.3. The highest BCUT2D eigenvalue weighted by atomic mass is 15.2. The first-order valence-electron chi connectivity index (χ1n) is 39.4. The second-order valence-electron chi connectivity index (χ2n) is 31.3. The van der Waals surface area contributed by atoms with Gasteiger partial charge in [0.05, 0.1) is 56.7 Å². The van der Waals surface area contributed by atoms with Crippen LogP contribution in [0.1, 0.15) is 37.5 Å². The third-order valence-corrected chi connectivity index (χ3v) is 23.7. The highest BCUT2D eigenvalue weighted by Crippen LogP contribution is 2.56. The molecule has 2 aromatic heterocycles. The molecule has 6 nitrogen and oxygen atoms in total. The van der Waals surface area contributed by atoms with E-state index in [0.717, 1.165) is 173 Å². The Morgan fingerprint density at radius 3 is 1.00 bits per heavy atom. The Morgan fingerprint density at radius 1 is 0.252 bits per heavy atom. The van der Waals surface area contributed by atoms with Gasteiger partial charge in [-0.1, -0.05) is 306 Å². The zero-order valence-electron chi connectivity index (χ0n) is 63.7. The Bertz CT molecular complexity index is 7110. The van der Waals surface area contributed by atoms with Crippen molar-refractivity contribution in [2.45, 2.75) is 26.2 Å². The molecule has 0 spiro atoms. The molecule has 7 heteroatoms. The minimum absolute atomic E-state index is 0.135. The molecule has 0 saturated heterocycles. The van der Waals surface area contributed by atoms with Crippen LogP contribution in [0.4, 0.5) is 34.1 Å². The second kappa shape index (κ2) is 27.5. The summed E-state index contributed by atoms with van der Waals surface area (Å²) in [5.74, 6) is 0. The summed E-state index contributed by atoms with van der Waals surface area (Å²) < 4.78 is 4.92. The van der Waals surface area contributed by atoms with Crippen molar-refractivity contribution in [1.29, 1.82) is 10.5 Å². The summed E-state index contributed by atoms with van der Waals surface area (Å²) in [5.41, 5.74) is 34.0. The van der Waals surface area contributed by atoms with E-state index in [0.29, 0.717) is 11.1 Å². The molecule has 2 aliphatic rings. The molecule has 0 atom stereocenters. The van der Waals surface area contributed by atoms with Gasteiger partial charge in [0, 0.05) is 77.9 Å². The fraction of sp³-hybridized carbons (Fsp3) is 0.0370. The number of nitrogens with zero attached hydrogens (tertiary/aromatic N) is 6. The van der Waals surface area contributed by atoms with Crippen LogP contribution in [0.15, 0.2) is 388 Å². The van der Waals surface area contributed by atoms with E-state index in [1.165, 1.54) is 27.1 Å². The van der Waals surface area contributed by atoms with E-state index < -0.39 is 0 Å². The quantitative estimate of drug-likeness (QED) is 0.114. The molecule has 0 N–H and O–H groups in total. The van der Waals surface area contributed by atoms with Crippen molar-refractivity contribution in [2.75, 3.05) is 9.80 Å². The molecule has 0 saturated carbocycles. The van der Waals surface area contributed by atoms with E-state index in [-0.39, 0.29) is 12.1 Å². The normalized spacial score (nSPS) is 12.2. The van der Waals surface area contributed by atoms with Gasteiger partial charge in [-0.3, -0.25) is 0 Å². The molecule has 0 fully saturated rings. The third-order valence-electron chi connectivity index (χ3n) is 23.7. The molecule has 21 rings (SSSR count). The van der Waals surface area contributed by atoms with Crippen molar-refractivity contribution in [2.24, 2.45) is 0 Å². The summed E-state index contributed by atoms with van der Waals surface area (Å²) in [5, 5.41) is 27.0. The summed E-state index contributed by atoms with van der Waals surface area (Å²) >= 11 is 0. The van der Waals surface area contributed by atoms with Gasteiger partial charge >= 0.3 is 0 Å². The van der Waals surface area contributed by atoms with Crippen molar-refractivity contribution in [1.82, 2.24) is 9.13 Å². The van der Waals surface area contributed by atoms with Crippen LogP contribution in [0.2, 0.25) is 0 Å². The molecule has 19 aromatic rings. The second-order valence-corrected chi connectivity index (χ2v) is 31.3. The minimum Gasteiger partial charge on any atom is -0.310 e. The monoisotopic (exact) mass is 1460 g/mol. The molecule has 0 unspecified atom stereocenters. The lowest BCUT2D eigenvalue weighted by atomic mass is 9.33. The zero-order chi connectivity index (χ0) is 77.0. The highest BCUT2D eigenvalue weighted by molar-refractivity contribution is 7.00. The molecule has 0 aliphatic carbocycles. The first-order chi connectivity index (χ1) is 56.6. The SMILES string of the molecule is CC(C)(C)c1ccc(-c2cc(-c3ccccc3C#N)cc(-c3ccccc3)c2N2c3cc(-n4c5ccccc5c5ccccc54)ccc3B3c4ccc(-n5c6ccccc6c6ccccc65)cc4N(c4c(-c5ccccc5)cc(-c5ccccc5C#N)cc4-c4cccc(-c5ccccc5)c4)c4cc(-c5ccccc5)cc2c43)cc1. The average Bonchev–Trinajstić information content (AvgIpc) is 0.941. The van der Waals surface area contributed by atoms with Gasteiger partial charge in [0.15, 0.2) is 0 Å². The topological polar surface area (TPSA) is 63.9 Å². The number of benzene rings is 17. The van der Waals surface area contributed by atoms with Crippen LogP contribution >= 0.6 is 0 Å². The smallest absolute Gasteiger partial charge is 0.252 e. The van der Waals surface area contributed by atoms with E-state index in [9.17, 15) is 10.5 Å². The summed E-state index contributed by atoms with van der Waals surface area (Å²) in [7, 11) is 0. The van der Waals surface area contributed by atoms with Crippen molar-refractivity contribution in [3.05, 3.63) is 405 Å². The average molecular weight is 1470 g/mol. The molecule has 0 amide bonds. The van der Waals surface area contributed by atoms with Gasteiger partial charge in [-0.15, -0.1) is 0 Å². The maximum Gasteiger partial charge on any atom is 0.252 e. The van der Waals surface area contributed by atoms with Crippen LogP contribution < -0.4 is 26.2 Å². The number of hydrogen-bond acceptors (Lipinski definition) is 4. The van der Waals surface area contributed by atoms with Gasteiger partial charge in [-0.25, -0.2) is 0 Å². The lowest BCUT2D eigenvalue weighted by molar-refractivity contribution is 0.590. The maximum absolute atomic E-state index is 11.2. The summed E-state index contributed by atoms with van der Waals surface area (Å²) in [4.78, 5) is 5.28. The number of para-hydroxylation sites is 4. The Labute approximate surface area is 669 Å². The van der Waals surface area contributed by atoms with E-state index in [1.807, 2.05) is 36.4 Å². The standard InChI is InChI=1S/C108H73BN6/c1-108(2,3)82-53-51-74(52-54-82)93-62-80(85-41-18-16-37-77(85)68-110)60-91(72-33-12-6-13-34-72)106(93)114-101-66-83(112-97-47-24-20-43-87(97)88-44-21-25-48-98(88)112)55-57-95(101)109-96-58-56-84(113-99-49-26-22-45-89(99)90-46-23-27-50-100(90)113)67-102(96)115(104-65-79(64-103(114)105(104)109)71-31-10-5-11-32-71)107-92(73-35-14-7-15-36-73)61-81(86-42-19-17-38-78(86)69-111)63-94(107)76-40-28-39-75(59-76)70-29-8-4-9-30-70/h4-67H,1-3H3.